The summed E-state index contributed by atoms with van der Waals surface area (Å²) >= 11 is 0. The molecule has 1 aromatic rings. The minimum absolute atomic E-state index is 0.0214. The van der Waals surface area contributed by atoms with E-state index in [9.17, 15) is 13.2 Å². The van der Waals surface area contributed by atoms with Crippen molar-refractivity contribution in [3.05, 3.63) is 29.8 Å². The number of benzene rings is 1. The standard InChI is InChI=1S/C21H30N2O4S/c1-14-5-3-4-6-21(14)28(25,26)23-11-17-9-19(22-15(2)24)20(10-18(17)12-23)27-13-16-7-8-16/h3-6,16-20H,7-13H2,1-2H3,(H,22,24)/t17-,18+,19-,20-/m1/s1. The summed E-state index contributed by atoms with van der Waals surface area (Å²) in [6.45, 7) is 5.19. The van der Waals surface area contributed by atoms with Crippen molar-refractivity contribution in [3.63, 3.8) is 0 Å². The van der Waals surface area contributed by atoms with Crippen molar-refractivity contribution in [2.75, 3.05) is 19.7 Å². The smallest absolute Gasteiger partial charge is 0.243 e. The van der Waals surface area contributed by atoms with Crippen LogP contribution in [0.1, 0.15) is 38.2 Å². The van der Waals surface area contributed by atoms with E-state index in [4.69, 9.17) is 4.74 Å². The van der Waals surface area contributed by atoms with Gasteiger partial charge in [-0.05, 0) is 62.0 Å². The van der Waals surface area contributed by atoms with Gasteiger partial charge >= 0.3 is 0 Å². The lowest BCUT2D eigenvalue weighted by atomic mass is 9.77. The summed E-state index contributed by atoms with van der Waals surface area (Å²) in [5.74, 6) is 1.16. The number of rotatable bonds is 6. The van der Waals surface area contributed by atoms with E-state index in [1.165, 1.54) is 19.8 Å². The van der Waals surface area contributed by atoms with Gasteiger partial charge in [0.2, 0.25) is 15.9 Å². The Morgan fingerprint density at radius 1 is 1.18 bits per heavy atom. The highest BCUT2D eigenvalue weighted by Gasteiger charge is 2.46. The molecular formula is C21H30N2O4S. The third kappa shape index (κ3) is 4.11. The zero-order valence-corrected chi connectivity index (χ0v) is 17.5. The van der Waals surface area contributed by atoms with Gasteiger partial charge in [0.05, 0.1) is 17.0 Å². The number of nitrogens with one attached hydrogen (secondary N) is 1. The van der Waals surface area contributed by atoms with E-state index in [0.717, 1.165) is 25.0 Å². The fourth-order valence-electron chi connectivity index (χ4n) is 4.69. The Hall–Kier alpha value is -1.44. The highest BCUT2D eigenvalue weighted by Crippen LogP contribution is 2.40. The van der Waals surface area contributed by atoms with Crippen molar-refractivity contribution in [2.45, 2.75) is 56.6 Å². The molecule has 0 unspecified atom stereocenters. The van der Waals surface area contributed by atoms with Crippen LogP contribution in [0.2, 0.25) is 0 Å². The molecule has 0 radical (unpaired) electrons. The maximum atomic E-state index is 13.2. The van der Waals surface area contributed by atoms with E-state index in [1.807, 2.05) is 19.1 Å². The molecule has 4 atom stereocenters. The highest BCUT2D eigenvalue weighted by atomic mass is 32.2. The second kappa shape index (κ2) is 7.76. The van der Waals surface area contributed by atoms with Crippen LogP contribution in [0.3, 0.4) is 0 Å². The largest absolute Gasteiger partial charge is 0.376 e. The van der Waals surface area contributed by atoms with E-state index in [1.54, 1.807) is 16.4 Å². The van der Waals surface area contributed by atoms with Crippen LogP contribution in [0.15, 0.2) is 29.2 Å². The Morgan fingerprint density at radius 3 is 2.50 bits per heavy atom. The Kier molecular flexibility index (Phi) is 5.51. The Labute approximate surface area is 167 Å². The molecule has 7 heteroatoms. The molecule has 1 aromatic carbocycles. The average Bonchev–Trinajstić information content (AvgIpc) is 3.37. The topological polar surface area (TPSA) is 75.7 Å². The number of fused-ring (bicyclic) bond motifs is 1. The molecule has 3 aliphatic rings. The molecule has 1 heterocycles. The fraction of sp³-hybridized carbons (Fsp3) is 0.667. The summed E-state index contributed by atoms with van der Waals surface area (Å²) in [6.07, 6.45) is 4.02. The SMILES string of the molecule is CC(=O)N[C@@H]1C[C@@H]2CN(S(=O)(=O)c3ccccc3C)C[C@@H]2C[C@H]1OCC1CC1. The molecule has 0 bridgehead atoms. The summed E-state index contributed by atoms with van der Waals surface area (Å²) in [5.41, 5.74) is 0.777. The van der Waals surface area contributed by atoms with Crippen LogP contribution in [0, 0.1) is 24.7 Å². The lowest BCUT2D eigenvalue weighted by Crippen LogP contribution is -2.50. The summed E-state index contributed by atoms with van der Waals surface area (Å²) < 4.78 is 34.2. The van der Waals surface area contributed by atoms with Crippen molar-refractivity contribution in [2.24, 2.45) is 17.8 Å². The molecule has 0 spiro atoms. The monoisotopic (exact) mass is 406 g/mol. The zero-order chi connectivity index (χ0) is 19.9. The Balaban J connectivity index is 1.49. The molecule has 2 aliphatic carbocycles. The molecule has 0 aromatic heterocycles. The van der Waals surface area contributed by atoms with E-state index in [-0.39, 0.29) is 29.9 Å². The average molecular weight is 407 g/mol. The van der Waals surface area contributed by atoms with Crippen LogP contribution in [-0.4, -0.2) is 50.5 Å². The van der Waals surface area contributed by atoms with Crippen molar-refractivity contribution in [1.29, 1.82) is 0 Å². The van der Waals surface area contributed by atoms with Gasteiger partial charge in [-0.3, -0.25) is 4.79 Å². The number of ether oxygens (including phenoxy) is 1. The maximum Gasteiger partial charge on any atom is 0.243 e. The highest BCUT2D eigenvalue weighted by molar-refractivity contribution is 7.89. The first kappa shape index (κ1) is 19.9. The summed E-state index contributed by atoms with van der Waals surface area (Å²) in [6, 6.07) is 7.13. The van der Waals surface area contributed by atoms with Crippen LogP contribution >= 0.6 is 0 Å². The Morgan fingerprint density at radius 2 is 1.86 bits per heavy atom. The predicted molar refractivity (Wildman–Crippen MR) is 106 cm³/mol. The van der Waals surface area contributed by atoms with E-state index < -0.39 is 10.0 Å². The fourth-order valence-corrected chi connectivity index (χ4v) is 6.47. The van der Waals surface area contributed by atoms with Gasteiger partial charge in [-0.2, -0.15) is 4.31 Å². The molecule has 1 amide bonds. The summed E-state index contributed by atoms with van der Waals surface area (Å²) in [5, 5.41) is 3.05. The first-order chi connectivity index (χ1) is 13.3. The lowest BCUT2D eigenvalue weighted by molar-refractivity contribution is -0.122. The first-order valence-corrected chi connectivity index (χ1v) is 11.7. The first-order valence-electron chi connectivity index (χ1n) is 10.3. The summed E-state index contributed by atoms with van der Waals surface area (Å²) in [4.78, 5) is 12.1. The number of amides is 1. The number of carbonyl (C=O) groups excluding carboxylic acids is 1. The number of aryl methyl sites for hydroxylation is 1. The molecule has 3 fully saturated rings. The maximum absolute atomic E-state index is 13.2. The quantitative estimate of drug-likeness (QED) is 0.787. The third-order valence-corrected chi connectivity index (χ3v) is 8.42. The molecule has 1 saturated heterocycles. The lowest BCUT2D eigenvalue weighted by Gasteiger charge is -2.38. The van der Waals surface area contributed by atoms with Crippen LogP contribution in [-0.2, 0) is 19.6 Å². The van der Waals surface area contributed by atoms with Gasteiger partial charge < -0.3 is 10.1 Å². The number of sulfonamides is 1. The Bertz CT molecular complexity index is 837. The van der Waals surface area contributed by atoms with Crippen molar-refractivity contribution >= 4 is 15.9 Å². The van der Waals surface area contributed by atoms with E-state index in [0.29, 0.717) is 23.9 Å². The van der Waals surface area contributed by atoms with Crippen LogP contribution in [0.25, 0.3) is 0 Å². The van der Waals surface area contributed by atoms with Crippen LogP contribution in [0.4, 0.5) is 0 Å². The van der Waals surface area contributed by atoms with Gasteiger partial charge in [-0.1, -0.05) is 18.2 Å². The van der Waals surface area contributed by atoms with Crippen molar-refractivity contribution < 1.29 is 17.9 Å². The minimum atomic E-state index is -3.50. The molecule has 2 saturated carbocycles. The molecular weight excluding hydrogens is 376 g/mol. The minimum Gasteiger partial charge on any atom is -0.376 e. The normalized spacial score (nSPS) is 30.8. The van der Waals surface area contributed by atoms with Gasteiger partial charge in [0.25, 0.3) is 0 Å². The molecule has 4 rings (SSSR count). The van der Waals surface area contributed by atoms with Gasteiger partial charge in [-0.15, -0.1) is 0 Å². The number of hydrogen-bond donors (Lipinski definition) is 1. The molecule has 6 nitrogen and oxygen atoms in total. The van der Waals surface area contributed by atoms with Gasteiger partial charge in [-0.25, -0.2) is 8.42 Å². The predicted octanol–water partition coefficient (Wildman–Crippen LogP) is 2.33. The van der Waals surface area contributed by atoms with Crippen molar-refractivity contribution in [1.82, 2.24) is 9.62 Å². The van der Waals surface area contributed by atoms with Crippen LogP contribution < -0.4 is 5.32 Å². The molecule has 154 valence electrons. The second-order valence-electron chi connectivity index (χ2n) is 8.70. The second-order valence-corrected chi connectivity index (χ2v) is 10.6. The van der Waals surface area contributed by atoms with Crippen molar-refractivity contribution in [3.8, 4) is 0 Å². The number of carbonyl (C=O) groups is 1. The molecule has 28 heavy (non-hydrogen) atoms. The molecule has 1 aliphatic heterocycles. The van der Waals surface area contributed by atoms with Crippen LogP contribution in [0.5, 0.6) is 0 Å². The number of hydrogen-bond acceptors (Lipinski definition) is 4. The third-order valence-electron chi connectivity index (χ3n) is 6.43. The van der Waals surface area contributed by atoms with Gasteiger partial charge in [0, 0.05) is 26.6 Å². The molecule has 1 N–H and O–H groups in total. The number of nitrogens with zero attached hydrogens (tertiary/aromatic N) is 1. The zero-order valence-electron chi connectivity index (χ0n) is 16.6. The summed E-state index contributed by atoms with van der Waals surface area (Å²) in [7, 11) is -3.50. The van der Waals surface area contributed by atoms with E-state index in [2.05, 4.69) is 5.32 Å². The van der Waals surface area contributed by atoms with E-state index >= 15 is 0 Å². The van der Waals surface area contributed by atoms with Gasteiger partial charge in [0.15, 0.2) is 0 Å². The van der Waals surface area contributed by atoms with Gasteiger partial charge in [0.1, 0.15) is 0 Å².